The zero-order chi connectivity index (χ0) is 14.4. The molecule has 0 aliphatic carbocycles. The second-order valence-corrected chi connectivity index (χ2v) is 5.67. The van der Waals surface area contributed by atoms with E-state index in [-0.39, 0.29) is 5.92 Å². The maximum absolute atomic E-state index is 5.47. The highest BCUT2D eigenvalue weighted by Crippen LogP contribution is 2.29. The Bertz CT molecular complexity index is 797. The smallest absolute Gasteiger partial charge is 0.274 e. The number of aryl methyl sites for hydroxylation is 2. The molecule has 1 aliphatic rings. The Hall–Kier alpha value is -2.14. The minimum absolute atomic E-state index is 0.263. The second kappa shape index (κ2) is 4.70. The molecular formula is C16H17N3O2. The van der Waals surface area contributed by atoms with E-state index in [1.807, 2.05) is 7.05 Å². The highest BCUT2D eigenvalue weighted by molar-refractivity contribution is 5.86. The Morgan fingerprint density at radius 3 is 3.00 bits per heavy atom. The Morgan fingerprint density at radius 2 is 2.19 bits per heavy atom. The first-order chi connectivity index (χ1) is 10.2. The summed E-state index contributed by atoms with van der Waals surface area (Å²) < 4.78 is 13.0. The molecule has 5 nitrogen and oxygen atoms in total. The Morgan fingerprint density at radius 1 is 1.29 bits per heavy atom. The summed E-state index contributed by atoms with van der Waals surface area (Å²) in [7, 11) is 2.03. The van der Waals surface area contributed by atoms with Gasteiger partial charge in [-0.1, -0.05) is 17.3 Å². The van der Waals surface area contributed by atoms with E-state index in [4.69, 9.17) is 9.26 Å². The van der Waals surface area contributed by atoms with E-state index < -0.39 is 0 Å². The van der Waals surface area contributed by atoms with Crippen LogP contribution < -0.4 is 0 Å². The van der Waals surface area contributed by atoms with Crippen molar-refractivity contribution in [1.82, 2.24) is 14.7 Å². The molecule has 0 N–H and O–H groups in total. The van der Waals surface area contributed by atoms with Crippen molar-refractivity contribution in [2.24, 2.45) is 7.05 Å². The molecule has 108 valence electrons. The molecule has 21 heavy (non-hydrogen) atoms. The van der Waals surface area contributed by atoms with E-state index >= 15 is 0 Å². The van der Waals surface area contributed by atoms with Gasteiger partial charge in [-0.25, -0.2) is 0 Å². The molecule has 0 radical (unpaired) electrons. The van der Waals surface area contributed by atoms with Crippen LogP contribution in [0.5, 0.6) is 0 Å². The van der Waals surface area contributed by atoms with E-state index in [0.717, 1.165) is 24.5 Å². The summed E-state index contributed by atoms with van der Waals surface area (Å²) in [6, 6.07) is 8.50. The molecule has 1 atom stereocenters. The summed E-state index contributed by atoms with van der Waals surface area (Å²) >= 11 is 0. The summed E-state index contributed by atoms with van der Waals surface area (Å²) in [5, 5.41) is 5.31. The van der Waals surface area contributed by atoms with Gasteiger partial charge in [0.05, 0.1) is 6.61 Å². The number of fused-ring (bicyclic) bond motifs is 1. The third-order valence-corrected chi connectivity index (χ3v) is 4.16. The number of benzene rings is 1. The normalized spacial score (nSPS) is 18.7. The molecule has 1 aliphatic heterocycles. The van der Waals surface area contributed by atoms with Crippen molar-refractivity contribution in [3.63, 3.8) is 0 Å². The van der Waals surface area contributed by atoms with Gasteiger partial charge in [-0.05, 0) is 31.0 Å². The zero-order valence-corrected chi connectivity index (χ0v) is 12.2. The van der Waals surface area contributed by atoms with Crippen LogP contribution in [0.1, 0.15) is 23.7 Å². The molecule has 5 heteroatoms. The minimum atomic E-state index is 0.263. The molecule has 4 rings (SSSR count). The van der Waals surface area contributed by atoms with Crippen LogP contribution in [0.2, 0.25) is 0 Å². The molecule has 1 aromatic carbocycles. The van der Waals surface area contributed by atoms with Crippen LogP contribution in [0.25, 0.3) is 22.5 Å². The van der Waals surface area contributed by atoms with E-state index in [1.54, 1.807) is 0 Å². The highest BCUT2D eigenvalue weighted by atomic mass is 16.5. The molecule has 1 saturated heterocycles. The molecule has 0 bridgehead atoms. The van der Waals surface area contributed by atoms with Gasteiger partial charge < -0.3 is 13.8 Å². The summed E-state index contributed by atoms with van der Waals surface area (Å²) in [4.78, 5) is 4.56. The van der Waals surface area contributed by atoms with Crippen LogP contribution in [0, 0.1) is 6.92 Å². The zero-order valence-electron chi connectivity index (χ0n) is 12.2. The Kier molecular flexibility index (Phi) is 2.82. The molecule has 1 fully saturated rings. The van der Waals surface area contributed by atoms with Gasteiger partial charge in [-0.3, -0.25) is 0 Å². The van der Waals surface area contributed by atoms with Gasteiger partial charge in [0.1, 0.15) is 5.69 Å². The van der Waals surface area contributed by atoms with Gasteiger partial charge in [0.2, 0.25) is 0 Å². The van der Waals surface area contributed by atoms with Crippen molar-refractivity contribution < 1.29 is 9.26 Å². The molecular weight excluding hydrogens is 266 g/mol. The fraction of sp³-hybridized carbons (Fsp3) is 0.375. The predicted molar refractivity (Wildman–Crippen MR) is 79.1 cm³/mol. The topological polar surface area (TPSA) is 53.1 Å². The number of hydrogen-bond donors (Lipinski definition) is 0. The standard InChI is InChI=1S/C16H17N3O2/c1-10-3-4-11-8-14(19(2)13(11)7-10)16-17-15(18-21-16)12-5-6-20-9-12/h3-4,7-8,12H,5-6,9H2,1-2H3. The fourth-order valence-corrected chi connectivity index (χ4v) is 2.89. The van der Waals surface area contributed by atoms with Crippen molar-refractivity contribution in [3.05, 3.63) is 35.7 Å². The van der Waals surface area contributed by atoms with Crippen LogP contribution in [-0.2, 0) is 11.8 Å². The number of ether oxygens (including phenoxy) is 1. The Balaban J connectivity index is 1.77. The van der Waals surface area contributed by atoms with Crippen LogP contribution in [0.3, 0.4) is 0 Å². The number of aromatic nitrogens is 3. The first-order valence-electron chi connectivity index (χ1n) is 7.20. The van der Waals surface area contributed by atoms with Crippen molar-refractivity contribution >= 4 is 10.9 Å². The first kappa shape index (κ1) is 12.6. The third-order valence-electron chi connectivity index (χ3n) is 4.16. The van der Waals surface area contributed by atoms with Gasteiger partial charge in [-0.2, -0.15) is 4.98 Å². The summed E-state index contributed by atoms with van der Waals surface area (Å²) in [5.41, 5.74) is 3.37. The van der Waals surface area contributed by atoms with Gasteiger partial charge in [0, 0.05) is 30.5 Å². The second-order valence-electron chi connectivity index (χ2n) is 5.67. The molecule has 3 aromatic rings. The van der Waals surface area contributed by atoms with E-state index in [0.29, 0.717) is 12.5 Å². The summed E-state index contributed by atoms with van der Waals surface area (Å²) in [6.07, 6.45) is 0.966. The number of hydrogen-bond acceptors (Lipinski definition) is 4. The molecule has 1 unspecified atom stereocenters. The quantitative estimate of drug-likeness (QED) is 0.725. The maximum atomic E-state index is 5.47. The van der Waals surface area contributed by atoms with E-state index in [9.17, 15) is 0 Å². The largest absolute Gasteiger partial charge is 0.381 e. The monoisotopic (exact) mass is 283 g/mol. The lowest BCUT2D eigenvalue weighted by atomic mass is 10.1. The van der Waals surface area contributed by atoms with Gasteiger partial charge in [0.15, 0.2) is 5.82 Å². The molecule has 0 amide bonds. The molecule has 0 saturated carbocycles. The highest BCUT2D eigenvalue weighted by Gasteiger charge is 2.24. The van der Waals surface area contributed by atoms with Crippen LogP contribution in [0.4, 0.5) is 0 Å². The van der Waals surface area contributed by atoms with Crippen molar-refractivity contribution in [2.45, 2.75) is 19.3 Å². The lowest BCUT2D eigenvalue weighted by Crippen LogP contribution is -2.00. The van der Waals surface area contributed by atoms with Crippen LogP contribution >= 0.6 is 0 Å². The van der Waals surface area contributed by atoms with Gasteiger partial charge in [0.25, 0.3) is 5.89 Å². The molecule has 3 heterocycles. The predicted octanol–water partition coefficient (Wildman–Crippen LogP) is 3.04. The average Bonchev–Trinajstić information content (AvgIpc) is 3.18. The summed E-state index contributed by atoms with van der Waals surface area (Å²) in [5.74, 6) is 1.59. The minimum Gasteiger partial charge on any atom is -0.381 e. The fourth-order valence-electron chi connectivity index (χ4n) is 2.89. The van der Waals surface area contributed by atoms with E-state index in [1.165, 1.54) is 16.5 Å². The Labute approximate surface area is 122 Å². The summed E-state index contributed by atoms with van der Waals surface area (Å²) in [6.45, 7) is 3.56. The lowest BCUT2D eigenvalue weighted by molar-refractivity contribution is 0.192. The third kappa shape index (κ3) is 2.05. The number of nitrogens with zero attached hydrogens (tertiary/aromatic N) is 3. The van der Waals surface area contributed by atoms with Crippen LogP contribution in [0.15, 0.2) is 28.8 Å². The molecule has 0 spiro atoms. The lowest BCUT2D eigenvalue weighted by Gasteiger charge is -2.00. The maximum Gasteiger partial charge on any atom is 0.274 e. The van der Waals surface area contributed by atoms with Crippen LogP contribution in [-0.4, -0.2) is 27.9 Å². The van der Waals surface area contributed by atoms with E-state index in [2.05, 4.69) is 45.9 Å². The van der Waals surface area contributed by atoms with Crippen molar-refractivity contribution in [1.29, 1.82) is 0 Å². The van der Waals surface area contributed by atoms with Gasteiger partial charge >= 0.3 is 0 Å². The first-order valence-corrected chi connectivity index (χ1v) is 7.20. The molecule has 2 aromatic heterocycles. The van der Waals surface area contributed by atoms with Gasteiger partial charge in [-0.15, -0.1) is 0 Å². The van der Waals surface area contributed by atoms with Crippen molar-refractivity contribution in [3.8, 4) is 11.6 Å². The SMILES string of the molecule is Cc1ccc2cc(-c3nc(C4CCOC4)no3)n(C)c2c1. The average molecular weight is 283 g/mol. The van der Waals surface area contributed by atoms with Crippen molar-refractivity contribution in [2.75, 3.05) is 13.2 Å². The number of rotatable bonds is 2.